The van der Waals surface area contributed by atoms with E-state index in [-0.39, 0.29) is 19.1 Å². The van der Waals surface area contributed by atoms with Gasteiger partial charge in [-0.1, -0.05) is 17.7 Å². The molecule has 0 bridgehead atoms. The highest BCUT2D eigenvalue weighted by Gasteiger charge is 2.11. The molecule has 0 fully saturated rings. The molecule has 1 aromatic rings. The molecule has 0 saturated carbocycles. The summed E-state index contributed by atoms with van der Waals surface area (Å²) in [7, 11) is 0. The van der Waals surface area contributed by atoms with Gasteiger partial charge in [-0.2, -0.15) is 0 Å². The smallest absolute Gasteiger partial charge is 0.251 e. The number of halogens is 1. The molecule has 3 N–H and O–H groups in total. The fraction of sp³-hybridized carbons (Fsp3) is 0.364. The molecular formula is C11H14ClNO3. The van der Waals surface area contributed by atoms with Crippen molar-refractivity contribution >= 4 is 17.5 Å². The second-order valence-electron chi connectivity index (χ2n) is 3.46. The monoisotopic (exact) mass is 243 g/mol. The number of aliphatic hydroxyl groups is 2. The van der Waals surface area contributed by atoms with E-state index in [0.717, 1.165) is 0 Å². The standard InChI is InChI=1S/C11H14ClNO3/c1-7-9(3-2-4-10(7)12)11(16)13-5-8(15)6-14/h2-4,8,14-15H,5-6H2,1H3,(H,13,16). The Morgan fingerprint density at radius 1 is 1.56 bits per heavy atom. The van der Waals surface area contributed by atoms with E-state index in [9.17, 15) is 4.79 Å². The lowest BCUT2D eigenvalue weighted by molar-refractivity contribution is 0.0801. The fourth-order valence-electron chi connectivity index (χ4n) is 1.22. The van der Waals surface area contributed by atoms with Gasteiger partial charge in [-0.25, -0.2) is 0 Å². The van der Waals surface area contributed by atoms with Crippen LogP contribution in [0.4, 0.5) is 0 Å². The summed E-state index contributed by atoms with van der Waals surface area (Å²) in [5.74, 6) is -0.312. The molecule has 0 aliphatic carbocycles. The molecule has 0 heterocycles. The topological polar surface area (TPSA) is 69.6 Å². The highest BCUT2D eigenvalue weighted by Crippen LogP contribution is 2.18. The number of carbonyl (C=O) groups is 1. The Bertz CT molecular complexity index is 381. The number of hydrogen-bond acceptors (Lipinski definition) is 3. The van der Waals surface area contributed by atoms with E-state index in [4.69, 9.17) is 21.8 Å². The molecule has 4 nitrogen and oxygen atoms in total. The zero-order chi connectivity index (χ0) is 12.1. The van der Waals surface area contributed by atoms with E-state index in [1.54, 1.807) is 25.1 Å². The number of benzene rings is 1. The second kappa shape index (κ2) is 5.84. The zero-order valence-corrected chi connectivity index (χ0v) is 9.66. The maximum atomic E-state index is 11.7. The van der Waals surface area contributed by atoms with Gasteiger partial charge in [0, 0.05) is 17.1 Å². The van der Waals surface area contributed by atoms with E-state index in [2.05, 4.69) is 5.32 Å². The van der Waals surface area contributed by atoms with Crippen LogP contribution < -0.4 is 5.32 Å². The molecule has 0 radical (unpaired) electrons. The number of nitrogens with one attached hydrogen (secondary N) is 1. The maximum Gasteiger partial charge on any atom is 0.251 e. The molecule has 0 aliphatic rings. The molecule has 0 saturated heterocycles. The summed E-state index contributed by atoms with van der Waals surface area (Å²) in [5.41, 5.74) is 1.16. The Balaban J connectivity index is 2.70. The van der Waals surface area contributed by atoms with E-state index < -0.39 is 6.10 Å². The third kappa shape index (κ3) is 3.20. The van der Waals surface area contributed by atoms with Crippen LogP contribution in [0, 0.1) is 6.92 Å². The average Bonchev–Trinajstić information content (AvgIpc) is 2.29. The Morgan fingerprint density at radius 3 is 2.88 bits per heavy atom. The largest absolute Gasteiger partial charge is 0.394 e. The number of carbonyl (C=O) groups excluding carboxylic acids is 1. The minimum Gasteiger partial charge on any atom is -0.394 e. The molecule has 1 aromatic carbocycles. The van der Waals surface area contributed by atoms with Crippen LogP contribution in [0.15, 0.2) is 18.2 Å². The van der Waals surface area contributed by atoms with Crippen molar-refractivity contribution in [2.45, 2.75) is 13.0 Å². The summed E-state index contributed by atoms with van der Waals surface area (Å²) in [6.07, 6.45) is -0.941. The molecule has 88 valence electrons. The maximum absolute atomic E-state index is 11.7. The van der Waals surface area contributed by atoms with Crippen molar-refractivity contribution < 1.29 is 15.0 Å². The molecule has 0 aliphatic heterocycles. The summed E-state index contributed by atoms with van der Waals surface area (Å²) in [5, 5.41) is 20.7. The molecule has 5 heteroatoms. The Hall–Kier alpha value is -1.10. The van der Waals surface area contributed by atoms with Crippen LogP contribution in [0.1, 0.15) is 15.9 Å². The van der Waals surface area contributed by atoms with Crippen molar-refractivity contribution in [2.75, 3.05) is 13.2 Å². The van der Waals surface area contributed by atoms with Gasteiger partial charge in [0.05, 0.1) is 12.7 Å². The SMILES string of the molecule is Cc1c(Cl)cccc1C(=O)NCC(O)CO. The van der Waals surface area contributed by atoms with Gasteiger partial charge in [0.2, 0.25) is 0 Å². The zero-order valence-electron chi connectivity index (χ0n) is 8.90. The fourth-order valence-corrected chi connectivity index (χ4v) is 1.40. The van der Waals surface area contributed by atoms with Gasteiger partial charge in [0.15, 0.2) is 0 Å². The van der Waals surface area contributed by atoms with Crippen LogP contribution in [0.5, 0.6) is 0 Å². The van der Waals surface area contributed by atoms with Crippen LogP contribution in [0.25, 0.3) is 0 Å². The van der Waals surface area contributed by atoms with Gasteiger partial charge in [-0.05, 0) is 24.6 Å². The van der Waals surface area contributed by atoms with Gasteiger partial charge in [0.25, 0.3) is 5.91 Å². The molecular weight excluding hydrogens is 230 g/mol. The minimum atomic E-state index is -0.941. The van der Waals surface area contributed by atoms with Crippen LogP contribution in [0.3, 0.4) is 0 Å². The van der Waals surface area contributed by atoms with E-state index in [1.807, 2.05) is 0 Å². The summed E-state index contributed by atoms with van der Waals surface area (Å²) in [4.78, 5) is 11.7. The third-order valence-electron chi connectivity index (χ3n) is 2.22. The third-order valence-corrected chi connectivity index (χ3v) is 2.63. The number of hydrogen-bond donors (Lipinski definition) is 3. The summed E-state index contributed by atoms with van der Waals surface area (Å²) in [6.45, 7) is 1.38. The second-order valence-corrected chi connectivity index (χ2v) is 3.87. The van der Waals surface area contributed by atoms with Gasteiger partial charge in [-0.15, -0.1) is 0 Å². The van der Waals surface area contributed by atoms with E-state index in [0.29, 0.717) is 16.1 Å². The minimum absolute atomic E-state index is 0.0152. The van der Waals surface area contributed by atoms with Crippen LogP contribution in [-0.2, 0) is 0 Å². The van der Waals surface area contributed by atoms with Crippen LogP contribution in [0.2, 0.25) is 5.02 Å². The number of amides is 1. The van der Waals surface area contributed by atoms with E-state index in [1.165, 1.54) is 0 Å². The van der Waals surface area contributed by atoms with E-state index >= 15 is 0 Å². The lowest BCUT2D eigenvalue weighted by Crippen LogP contribution is -2.34. The highest BCUT2D eigenvalue weighted by molar-refractivity contribution is 6.31. The molecule has 0 aromatic heterocycles. The van der Waals surface area contributed by atoms with Crippen molar-refractivity contribution in [1.82, 2.24) is 5.32 Å². The highest BCUT2D eigenvalue weighted by atomic mass is 35.5. The first kappa shape index (κ1) is 13.0. The van der Waals surface area contributed by atoms with Gasteiger partial charge < -0.3 is 15.5 Å². The van der Waals surface area contributed by atoms with Crippen molar-refractivity contribution in [3.8, 4) is 0 Å². The first-order valence-electron chi connectivity index (χ1n) is 4.88. The number of rotatable bonds is 4. The number of aliphatic hydroxyl groups excluding tert-OH is 2. The molecule has 1 amide bonds. The lowest BCUT2D eigenvalue weighted by atomic mass is 10.1. The lowest BCUT2D eigenvalue weighted by Gasteiger charge is -2.11. The summed E-state index contributed by atoms with van der Waals surface area (Å²) >= 11 is 5.88. The predicted molar refractivity (Wildman–Crippen MR) is 61.6 cm³/mol. The van der Waals surface area contributed by atoms with Crippen molar-refractivity contribution in [3.05, 3.63) is 34.3 Å². The quantitative estimate of drug-likeness (QED) is 0.730. The van der Waals surface area contributed by atoms with Crippen molar-refractivity contribution in [2.24, 2.45) is 0 Å². The van der Waals surface area contributed by atoms with Crippen LogP contribution in [-0.4, -0.2) is 35.4 Å². The van der Waals surface area contributed by atoms with Crippen LogP contribution >= 0.6 is 11.6 Å². The van der Waals surface area contributed by atoms with Gasteiger partial charge >= 0.3 is 0 Å². The summed E-state index contributed by atoms with van der Waals surface area (Å²) in [6, 6.07) is 5.05. The molecule has 16 heavy (non-hydrogen) atoms. The van der Waals surface area contributed by atoms with Gasteiger partial charge in [-0.3, -0.25) is 4.79 Å². The Kier molecular flexibility index (Phi) is 4.73. The summed E-state index contributed by atoms with van der Waals surface area (Å²) < 4.78 is 0. The first-order valence-corrected chi connectivity index (χ1v) is 5.26. The average molecular weight is 244 g/mol. The molecule has 1 unspecified atom stereocenters. The van der Waals surface area contributed by atoms with Crippen molar-refractivity contribution in [1.29, 1.82) is 0 Å². The predicted octanol–water partition coefficient (Wildman–Crippen LogP) is 0.731. The van der Waals surface area contributed by atoms with Gasteiger partial charge in [0.1, 0.15) is 0 Å². The molecule has 1 rings (SSSR count). The van der Waals surface area contributed by atoms with Crippen molar-refractivity contribution in [3.63, 3.8) is 0 Å². The molecule has 1 atom stereocenters. The normalized spacial score (nSPS) is 12.2. The first-order chi connectivity index (χ1) is 7.56. The molecule has 0 spiro atoms. The Labute approximate surface area is 98.9 Å². The Morgan fingerprint density at radius 2 is 2.25 bits per heavy atom.